The van der Waals surface area contributed by atoms with Crippen molar-refractivity contribution in [1.29, 1.82) is 0 Å². The Labute approximate surface area is 93.7 Å². The minimum atomic E-state index is -0.851. The number of rotatable bonds is 2. The molecule has 1 aliphatic rings. The lowest BCUT2D eigenvalue weighted by molar-refractivity contribution is 0.574. The van der Waals surface area contributed by atoms with Gasteiger partial charge >= 0.3 is 0 Å². The number of hydrogen-bond donors (Lipinski definition) is 0. The first-order chi connectivity index (χ1) is 7.29. The predicted molar refractivity (Wildman–Crippen MR) is 64.2 cm³/mol. The molecule has 1 aliphatic carbocycles. The molecule has 2 rings (SSSR count). The minimum absolute atomic E-state index is 0.289. The molecule has 1 nitrogen and oxygen atoms in total. The van der Waals surface area contributed by atoms with E-state index < -0.39 is 10.8 Å². The molecule has 0 radical (unpaired) electrons. The highest BCUT2D eigenvalue weighted by molar-refractivity contribution is 7.85. The van der Waals surface area contributed by atoms with Crippen molar-refractivity contribution >= 4 is 10.8 Å². The lowest BCUT2D eigenvalue weighted by Crippen LogP contribution is -2.24. The van der Waals surface area contributed by atoms with Crippen LogP contribution in [0.2, 0.25) is 0 Å². The summed E-state index contributed by atoms with van der Waals surface area (Å²) in [4.78, 5) is 0.963. The first kappa shape index (κ1) is 10.6. The summed E-state index contributed by atoms with van der Waals surface area (Å²) in [5.41, 5.74) is 0. The summed E-state index contributed by atoms with van der Waals surface area (Å²) >= 11 is 0. The number of allylic oxidation sites excluding steroid dienone is 2. The molecule has 0 bridgehead atoms. The normalized spacial score (nSPS) is 27.5. The van der Waals surface area contributed by atoms with Gasteiger partial charge in [-0.25, -0.2) is 0 Å². The van der Waals surface area contributed by atoms with E-state index in [1.807, 2.05) is 30.3 Å². The van der Waals surface area contributed by atoms with Crippen LogP contribution < -0.4 is 0 Å². The van der Waals surface area contributed by atoms with Crippen molar-refractivity contribution in [1.82, 2.24) is 0 Å². The van der Waals surface area contributed by atoms with E-state index in [1.54, 1.807) is 0 Å². The molecule has 1 aromatic carbocycles. The van der Waals surface area contributed by atoms with Crippen LogP contribution in [-0.4, -0.2) is 9.46 Å². The van der Waals surface area contributed by atoms with E-state index in [2.05, 4.69) is 19.1 Å². The van der Waals surface area contributed by atoms with E-state index >= 15 is 0 Å². The zero-order valence-electron chi connectivity index (χ0n) is 8.93. The van der Waals surface area contributed by atoms with Crippen LogP contribution >= 0.6 is 0 Å². The minimum Gasteiger partial charge on any atom is -0.254 e. The van der Waals surface area contributed by atoms with Gasteiger partial charge in [-0.1, -0.05) is 37.3 Å². The Kier molecular flexibility index (Phi) is 3.37. The van der Waals surface area contributed by atoms with E-state index in [0.29, 0.717) is 5.92 Å². The number of benzene rings is 1. The quantitative estimate of drug-likeness (QED) is 0.700. The van der Waals surface area contributed by atoms with Gasteiger partial charge in [0.05, 0.1) is 10.8 Å². The monoisotopic (exact) mass is 220 g/mol. The molecule has 1 aromatic rings. The van der Waals surface area contributed by atoms with Gasteiger partial charge in [-0.2, -0.15) is 0 Å². The van der Waals surface area contributed by atoms with Gasteiger partial charge in [0.1, 0.15) is 0 Å². The topological polar surface area (TPSA) is 17.1 Å². The second-order valence-electron chi connectivity index (χ2n) is 4.01. The molecular formula is C13H16OS. The van der Waals surface area contributed by atoms with Crippen molar-refractivity contribution in [3.8, 4) is 0 Å². The fourth-order valence-corrected chi connectivity index (χ4v) is 3.60. The average molecular weight is 220 g/mol. The summed E-state index contributed by atoms with van der Waals surface area (Å²) < 4.78 is 12.3. The molecule has 80 valence electrons. The van der Waals surface area contributed by atoms with Gasteiger partial charge in [0.25, 0.3) is 0 Å². The second kappa shape index (κ2) is 4.75. The lowest BCUT2D eigenvalue weighted by Gasteiger charge is -2.23. The fraction of sp³-hybridized carbons (Fsp3) is 0.385. The molecule has 0 N–H and O–H groups in total. The molecule has 0 saturated carbocycles. The van der Waals surface area contributed by atoms with E-state index in [4.69, 9.17) is 0 Å². The molecule has 0 heterocycles. The highest BCUT2D eigenvalue weighted by Crippen LogP contribution is 2.26. The van der Waals surface area contributed by atoms with Crippen molar-refractivity contribution in [2.75, 3.05) is 0 Å². The van der Waals surface area contributed by atoms with Crippen LogP contribution in [0.5, 0.6) is 0 Å². The Morgan fingerprint density at radius 1 is 1.27 bits per heavy atom. The van der Waals surface area contributed by atoms with Gasteiger partial charge in [0.2, 0.25) is 0 Å². The van der Waals surface area contributed by atoms with Gasteiger partial charge in [-0.05, 0) is 30.9 Å². The molecule has 2 heteroatoms. The Balaban J connectivity index is 2.18. The van der Waals surface area contributed by atoms with Crippen molar-refractivity contribution in [2.45, 2.75) is 29.9 Å². The van der Waals surface area contributed by atoms with Crippen LogP contribution in [-0.2, 0) is 10.8 Å². The molecule has 0 saturated heterocycles. The van der Waals surface area contributed by atoms with Crippen molar-refractivity contribution in [2.24, 2.45) is 5.92 Å². The second-order valence-corrected chi connectivity index (χ2v) is 5.69. The molecule has 0 fully saturated rings. The van der Waals surface area contributed by atoms with E-state index in [9.17, 15) is 4.21 Å². The van der Waals surface area contributed by atoms with Crippen LogP contribution in [0.4, 0.5) is 0 Å². The maximum atomic E-state index is 12.3. The van der Waals surface area contributed by atoms with E-state index in [0.717, 1.165) is 17.7 Å². The van der Waals surface area contributed by atoms with Crippen LogP contribution in [0.25, 0.3) is 0 Å². The smallest absolute Gasteiger partial charge is 0.0566 e. The average Bonchev–Trinajstić information content (AvgIpc) is 2.30. The van der Waals surface area contributed by atoms with Gasteiger partial charge in [-0.15, -0.1) is 0 Å². The SMILES string of the molecule is CC1C=CCCC1S(=O)c1ccccc1. The van der Waals surface area contributed by atoms with Crippen molar-refractivity contribution in [3.05, 3.63) is 42.5 Å². The molecule has 15 heavy (non-hydrogen) atoms. The van der Waals surface area contributed by atoms with Crippen molar-refractivity contribution in [3.63, 3.8) is 0 Å². The lowest BCUT2D eigenvalue weighted by atomic mass is 9.97. The maximum Gasteiger partial charge on any atom is 0.0566 e. The summed E-state index contributed by atoms with van der Waals surface area (Å²) in [5, 5.41) is 0.289. The van der Waals surface area contributed by atoms with Crippen LogP contribution in [0, 0.1) is 5.92 Å². The van der Waals surface area contributed by atoms with Gasteiger partial charge in [0, 0.05) is 10.1 Å². The fourth-order valence-electron chi connectivity index (χ4n) is 1.99. The molecule has 3 atom stereocenters. The highest BCUT2D eigenvalue weighted by atomic mass is 32.2. The van der Waals surface area contributed by atoms with Gasteiger partial charge in [0.15, 0.2) is 0 Å². The zero-order valence-corrected chi connectivity index (χ0v) is 9.74. The Bertz CT molecular complexity index is 369. The Hall–Kier alpha value is -0.890. The third kappa shape index (κ3) is 2.37. The summed E-state index contributed by atoms with van der Waals surface area (Å²) in [5.74, 6) is 0.430. The summed E-state index contributed by atoms with van der Waals surface area (Å²) in [7, 11) is -0.851. The van der Waals surface area contributed by atoms with Crippen molar-refractivity contribution < 1.29 is 4.21 Å². The molecule has 0 amide bonds. The third-order valence-corrected chi connectivity index (χ3v) is 4.85. The molecule has 0 aromatic heterocycles. The molecule has 3 unspecified atom stereocenters. The third-order valence-electron chi connectivity index (χ3n) is 2.89. The molecule has 0 aliphatic heterocycles. The first-order valence-corrected chi connectivity index (χ1v) is 6.62. The van der Waals surface area contributed by atoms with E-state index in [1.165, 1.54) is 0 Å². The summed E-state index contributed by atoms with van der Waals surface area (Å²) in [6.07, 6.45) is 6.49. The van der Waals surface area contributed by atoms with Gasteiger partial charge in [-0.3, -0.25) is 4.21 Å². The summed E-state index contributed by atoms with van der Waals surface area (Å²) in [6.45, 7) is 2.15. The van der Waals surface area contributed by atoms with E-state index in [-0.39, 0.29) is 5.25 Å². The van der Waals surface area contributed by atoms with Crippen LogP contribution in [0.1, 0.15) is 19.8 Å². The largest absolute Gasteiger partial charge is 0.254 e. The molecular weight excluding hydrogens is 204 g/mol. The molecule has 0 spiro atoms. The van der Waals surface area contributed by atoms with Crippen LogP contribution in [0.3, 0.4) is 0 Å². The Morgan fingerprint density at radius 3 is 2.67 bits per heavy atom. The summed E-state index contributed by atoms with van der Waals surface area (Å²) in [6, 6.07) is 9.79. The predicted octanol–water partition coefficient (Wildman–Crippen LogP) is 3.15. The van der Waals surface area contributed by atoms with Crippen LogP contribution in [0.15, 0.2) is 47.4 Å². The highest BCUT2D eigenvalue weighted by Gasteiger charge is 2.24. The number of hydrogen-bond acceptors (Lipinski definition) is 1. The maximum absolute atomic E-state index is 12.3. The first-order valence-electron chi connectivity index (χ1n) is 5.41. The van der Waals surface area contributed by atoms with Gasteiger partial charge < -0.3 is 0 Å². The zero-order chi connectivity index (χ0) is 10.7. The standard InChI is InChI=1S/C13H16OS/c1-11-7-5-6-10-13(11)15(14)12-8-3-2-4-9-12/h2-5,7-9,11,13H,6,10H2,1H3. The Morgan fingerprint density at radius 2 is 2.00 bits per heavy atom.